The summed E-state index contributed by atoms with van der Waals surface area (Å²) in [6.45, 7) is 2.79. The van der Waals surface area contributed by atoms with Crippen LogP contribution < -0.4 is 10.3 Å². The van der Waals surface area contributed by atoms with Crippen LogP contribution in [-0.2, 0) is 6.54 Å². The molecule has 0 radical (unpaired) electrons. The van der Waals surface area contributed by atoms with Crippen LogP contribution in [0.5, 0.6) is 5.88 Å². The van der Waals surface area contributed by atoms with Crippen molar-refractivity contribution in [3.8, 4) is 5.88 Å². The van der Waals surface area contributed by atoms with E-state index in [9.17, 15) is 18.0 Å². The Kier molecular flexibility index (Phi) is 4.48. The Morgan fingerprint density at radius 2 is 2.05 bits per heavy atom. The van der Waals surface area contributed by atoms with E-state index in [0.717, 1.165) is 6.92 Å². The average Bonchev–Trinajstić information content (AvgIpc) is 2.43. The summed E-state index contributed by atoms with van der Waals surface area (Å²) in [5, 5.41) is 0. The molecule has 2 rings (SSSR count). The molecule has 1 unspecified atom stereocenters. The number of rotatable bonds is 4. The van der Waals surface area contributed by atoms with Crippen LogP contribution in [0.4, 0.5) is 13.2 Å². The van der Waals surface area contributed by atoms with Gasteiger partial charge in [-0.1, -0.05) is 6.07 Å². The Balaban J connectivity index is 2.17. The van der Waals surface area contributed by atoms with Crippen LogP contribution in [0.3, 0.4) is 0 Å². The molecule has 0 fully saturated rings. The molecule has 2 aromatic heterocycles. The number of ether oxygens (including phenoxy) is 1. The topological polar surface area (TPSA) is 57.0 Å². The van der Waals surface area contributed by atoms with E-state index in [2.05, 4.69) is 9.97 Å². The van der Waals surface area contributed by atoms with Crippen molar-refractivity contribution in [3.05, 3.63) is 52.3 Å². The molecule has 0 bridgehead atoms. The van der Waals surface area contributed by atoms with Gasteiger partial charge in [-0.15, -0.1) is 0 Å². The fourth-order valence-electron chi connectivity index (χ4n) is 1.73. The molecule has 0 aromatic carbocycles. The maximum Gasteiger partial charge on any atom is 0.425 e. The SMILES string of the molecule is Cc1nc(OC(C)C(F)(F)F)ccc1Cn1cnccc1=O. The van der Waals surface area contributed by atoms with Crippen molar-refractivity contribution in [1.82, 2.24) is 14.5 Å². The monoisotopic (exact) mass is 313 g/mol. The van der Waals surface area contributed by atoms with Gasteiger partial charge in [0.25, 0.3) is 5.56 Å². The minimum absolute atomic E-state index is 0.107. The first kappa shape index (κ1) is 16.0. The zero-order valence-electron chi connectivity index (χ0n) is 12.0. The highest BCUT2D eigenvalue weighted by atomic mass is 19.4. The molecule has 0 N–H and O–H groups in total. The van der Waals surface area contributed by atoms with Gasteiger partial charge in [-0.3, -0.25) is 9.36 Å². The largest absolute Gasteiger partial charge is 0.465 e. The molecule has 2 aromatic rings. The standard InChI is InChI=1S/C14H14F3N3O2/c1-9-11(7-20-8-18-6-5-13(20)21)3-4-12(19-9)22-10(2)14(15,16)17/h3-6,8,10H,7H2,1-2H3. The molecule has 0 amide bonds. The number of aryl methyl sites for hydroxylation is 1. The summed E-state index contributed by atoms with van der Waals surface area (Å²) in [7, 11) is 0. The van der Waals surface area contributed by atoms with E-state index in [4.69, 9.17) is 4.74 Å². The first-order valence-corrected chi connectivity index (χ1v) is 6.47. The third kappa shape index (κ3) is 3.84. The average molecular weight is 313 g/mol. The van der Waals surface area contributed by atoms with Crippen molar-refractivity contribution in [2.75, 3.05) is 0 Å². The Bertz CT molecular complexity index is 713. The first-order chi connectivity index (χ1) is 10.3. The van der Waals surface area contributed by atoms with Crippen molar-refractivity contribution < 1.29 is 17.9 Å². The van der Waals surface area contributed by atoms with Gasteiger partial charge in [0, 0.05) is 24.0 Å². The Morgan fingerprint density at radius 1 is 1.32 bits per heavy atom. The van der Waals surface area contributed by atoms with E-state index in [1.807, 2.05) is 0 Å². The molecule has 0 aliphatic heterocycles. The lowest BCUT2D eigenvalue weighted by Gasteiger charge is -2.17. The molecule has 118 valence electrons. The number of pyridine rings is 1. The fraction of sp³-hybridized carbons (Fsp3) is 0.357. The van der Waals surface area contributed by atoms with Crippen LogP contribution in [-0.4, -0.2) is 26.8 Å². The first-order valence-electron chi connectivity index (χ1n) is 6.47. The van der Waals surface area contributed by atoms with E-state index in [0.29, 0.717) is 11.3 Å². The van der Waals surface area contributed by atoms with Crippen molar-refractivity contribution in [2.24, 2.45) is 0 Å². The van der Waals surface area contributed by atoms with Gasteiger partial charge in [0.05, 0.1) is 12.9 Å². The highest BCUT2D eigenvalue weighted by Gasteiger charge is 2.38. The lowest BCUT2D eigenvalue weighted by atomic mass is 10.2. The summed E-state index contributed by atoms with van der Waals surface area (Å²) in [6.07, 6.45) is -3.61. The minimum Gasteiger partial charge on any atom is -0.465 e. The second kappa shape index (κ2) is 6.17. The second-order valence-corrected chi connectivity index (χ2v) is 4.74. The van der Waals surface area contributed by atoms with Crippen molar-refractivity contribution in [1.29, 1.82) is 0 Å². The number of hydrogen-bond donors (Lipinski definition) is 0. The van der Waals surface area contributed by atoms with Crippen molar-refractivity contribution >= 4 is 0 Å². The van der Waals surface area contributed by atoms with Crippen LogP contribution in [0.1, 0.15) is 18.2 Å². The molecule has 0 aliphatic carbocycles. The Hall–Kier alpha value is -2.38. The minimum atomic E-state index is -4.45. The van der Waals surface area contributed by atoms with Gasteiger partial charge in [0.1, 0.15) is 0 Å². The quantitative estimate of drug-likeness (QED) is 0.869. The Labute approximate surface area is 124 Å². The van der Waals surface area contributed by atoms with Crippen LogP contribution in [0, 0.1) is 6.92 Å². The van der Waals surface area contributed by atoms with Crippen LogP contribution in [0.25, 0.3) is 0 Å². The molecule has 2 heterocycles. The smallest absolute Gasteiger partial charge is 0.425 e. The molecular weight excluding hydrogens is 299 g/mol. The number of aromatic nitrogens is 3. The summed E-state index contributed by atoms with van der Waals surface area (Å²) < 4.78 is 43.5. The summed E-state index contributed by atoms with van der Waals surface area (Å²) in [4.78, 5) is 19.5. The zero-order valence-corrected chi connectivity index (χ0v) is 12.0. The number of alkyl halides is 3. The van der Waals surface area contributed by atoms with Gasteiger partial charge in [-0.2, -0.15) is 13.2 Å². The molecule has 0 saturated heterocycles. The molecule has 0 aliphatic rings. The van der Waals surface area contributed by atoms with Crippen molar-refractivity contribution in [2.45, 2.75) is 32.7 Å². The molecule has 8 heteroatoms. The van der Waals surface area contributed by atoms with Gasteiger partial charge < -0.3 is 4.74 Å². The predicted octanol–water partition coefficient (Wildman–Crippen LogP) is 2.32. The van der Waals surface area contributed by atoms with Crippen LogP contribution in [0.2, 0.25) is 0 Å². The van der Waals surface area contributed by atoms with Gasteiger partial charge in [0.2, 0.25) is 5.88 Å². The predicted molar refractivity (Wildman–Crippen MR) is 72.7 cm³/mol. The molecule has 0 saturated carbocycles. The molecular formula is C14H14F3N3O2. The summed E-state index contributed by atoms with van der Waals surface area (Å²) in [5.41, 5.74) is 0.963. The van der Waals surface area contributed by atoms with E-state index in [1.165, 1.54) is 29.2 Å². The summed E-state index contributed by atoms with van der Waals surface area (Å²) >= 11 is 0. The van der Waals surface area contributed by atoms with E-state index < -0.39 is 12.3 Å². The van der Waals surface area contributed by atoms with Crippen LogP contribution in [0.15, 0.2) is 35.5 Å². The third-order valence-electron chi connectivity index (χ3n) is 3.06. The third-order valence-corrected chi connectivity index (χ3v) is 3.06. The molecule has 5 nitrogen and oxygen atoms in total. The second-order valence-electron chi connectivity index (χ2n) is 4.74. The molecule has 1 atom stereocenters. The van der Waals surface area contributed by atoms with Crippen LogP contribution >= 0.6 is 0 Å². The van der Waals surface area contributed by atoms with Gasteiger partial charge in [-0.25, -0.2) is 9.97 Å². The molecule has 22 heavy (non-hydrogen) atoms. The zero-order chi connectivity index (χ0) is 16.3. The van der Waals surface area contributed by atoms with Crippen molar-refractivity contribution in [3.63, 3.8) is 0 Å². The lowest BCUT2D eigenvalue weighted by Crippen LogP contribution is -2.31. The fourth-order valence-corrected chi connectivity index (χ4v) is 1.73. The maximum absolute atomic E-state index is 12.4. The van der Waals surface area contributed by atoms with Gasteiger partial charge >= 0.3 is 6.18 Å². The summed E-state index contributed by atoms with van der Waals surface area (Å²) in [6, 6.07) is 4.26. The highest BCUT2D eigenvalue weighted by molar-refractivity contribution is 5.25. The maximum atomic E-state index is 12.4. The lowest BCUT2D eigenvalue weighted by molar-refractivity contribution is -0.190. The van der Waals surface area contributed by atoms with E-state index in [-0.39, 0.29) is 18.0 Å². The number of halogens is 3. The van der Waals surface area contributed by atoms with Gasteiger partial charge in [-0.05, 0) is 19.4 Å². The Morgan fingerprint density at radius 3 is 2.64 bits per heavy atom. The number of nitrogens with zero attached hydrogens (tertiary/aromatic N) is 3. The van der Waals surface area contributed by atoms with E-state index in [1.54, 1.807) is 13.0 Å². The molecule has 0 spiro atoms. The summed E-state index contributed by atoms with van der Waals surface area (Å²) in [5.74, 6) is -0.107. The van der Waals surface area contributed by atoms with Gasteiger partial charge in [0.15, 0.2) is 6.10 Å². The normalized spacial score (nSPS) is 13.0. The number of hydrogen-bond acceptors (Lipinski definition) is 4. The van der Waals surface area contributed by atoms with E-state index >= 15 is 0 Å². The highest BCUT2D eigenvalue weighted by Crippen LogP contribution is 2.24.